The molecule has 2 aromatic carbocycles. The van der Waals surface area contributed by atoms with Crippen LogP contribution >= 0.6 is 0 Å². The number of nitriles is 1. The van der Waals surface area contributed by atoms with Gasteiger partial charge in [0, 0.05) is 11.3 Å². The Labute approximate surface area is 144 Å². The fraction of sp³-hybridized carbons (Fsp3) is 0.167. The van der Waals surface area contributed by atoms with E-state index >= 15 is 0 Å². The fourth-order valence-electron chi connectivity index (χ4n) is 2.16. The Hall–Kier alpha value is -3.53. The average Bonchev–Trinajstić information content (AvgIpc) is 2.62. The summed E-state index contributed by atoms with van der Waals surface area (Å²) >= 11 is 0. The van der Waals surface area contributed by atoms with Crippen molar-refractivity contribution in [1.82, 2.24) is 5.32 Å². The zero-order valence-corrected chi connectivity index (χ0v) is 13.7. The molecule has 0 saturated heterocycles. The van der Waals surface area contributed by atoms with Crippen molar-refractivity contribution in [1.29, 1.82) is 5.26 Å². The third-order valence-electron chi connectivity index (χ3n) is 3.53. The van der Waals surface area contributed by atoms with E-state index in [1.165, 1.54) is 37.4 Å². The van der Waals surface area contributed by atoms with Gasteiger partial charge in [-0.15, -0.1) is 0 Å². The number of phenolic OH excluding ortho intramolecular Hbond substituents is 1. The van der Waals surface area contributed by atoms with Crippen molar-refractivity contribution in [3.8, 4) is 17.6 Å². The number of methoxy groups -OCH3 is 1. The minimum absolute atomic E-state index is 0.0129. The van der Waals surface area contributed by atoms with Crippen LogP contribution < -0.4 is 15.4 Å². The first-order chi connectivity index (χ1) is 11.9. The second-order valence-corrected chi connectivity index (χ2v) is 5.26. The lowest BCUT2D eigenvalue weighted by Gasteiger charge is -2.16. The number of hydrogen-bond donors (Lipinski definition) is 3. The van der Waals surface area contributed by atoms with E-state index < -0.39 is 17.9 Å². The predicted octanol–water partition coefficient (Wildman–Crippen LogP) is 2.09. The van der Waals surface area contributed by atoms with E-state index in [0.29, 0.717) is 22.6 Å². The average molecular weight is 339 g/mol. The largest absolute Gasteiger partial charge is 0.508 e. The molecule has 0 radical (unpaired) electrons. The summed E-state index contributed by atoms with van der Waals surface area (Å²) in [6.45, 7) is 1.64. The van der Waals surface area contributed by atoms with Gasteiger partial charge in [-0.3, -0.25) is 9.59 Å². The number of amides is 2. The SMILES string of the molecule is COc1ccc(O)c(C(C)NC(=O)C(=O)Nc2ccc(C#N)cc2)c1. The van der Waals surface area contributed by atoms with Crippen molar-refractivity contribution in [3.05, 3.63) is 53.6 Å². The monoisotopic (exact) mass is 339 g/mol. The van der Waals surface area contributed by atoms with Gasteiger partial charge < -0.3 is 20.5 Å². The summed E-state index contributed by atoms with van der Waals surface area (Å²) in [6.07, 6.45) is 0. The number of nitrogens with one attached hydrogen (secondary N) is 2. The molecule has 0 fully saturated rings. The van der Waals surface area contributed by atoms with Gasteiger partial charge in [0.25, 0.3) is 0 Å². The molecule has 1 atom stereocenters. The summed E-state index contributed by atoms with van der Waals surface area (Å²) in [5, 5.41) is 23.6. The Morgan fingerprint density at radius 1 is 1.16 bits per heavy atom. The maximum atomic E-state index is 12.0. The Morgan fingerprint density at radius 2 is 1.84 bits per heavy atom. The molecule has 1 unspecified atom stereocenters. The first-order valence-corrected chi connectivity index (χ1v) is 7.43. The molecule has 0 heterocycles. The van der Waals surface area contributed by atoms with Gasteiger partial charge >= 0.3 is 11.8 Å². The Bertz CT molecular complexity index is 825. The topological polar surface area (TPSA) is 111 Å². The van der Waals surface area contributed by atoms with Crippen LogP contribution in [0, 0.1) is 11.3 Å². The third kappa shape index (κ3) is 4.48. The fourth-order valence-corrected chi connectivity index (χ4v) is 2.16. The molecule has 2 amide bonds. The molecule has 0 spiro atoms. The van der Waals surface area contributed by atoms with Gasteiger partial charge in [0.15, 0.2) is 0 Å². The number of benzene rings is 2. The molecular weight excluding hydrogens is 322 g/mol. The molecular formula is C18H17N3O4. The van der Waals surface area contributed by atoms with Gasteiger partial charge in [-0.2, -0.15) is 5.26 Å². The molecule has 0 aromatic heterocycles. The Balaban J connectivity index is 2.02. The van der Waals surface area contributed by atoms with E-state index in [1.54, 1.807) is 19.1 Å². The van der Waals surface area contributed by atoms with Crippen LogP contribution in [0.4, 0.5) is 5.69 Å². The van der Waals surface area contributed by atoms with E-state index in [9.17, 15) is 14.7 Å². The lowest BCUT2D eigenvalue weighted by Crippen LogP contribution is -2.36. The number of carbonyl (C=O) groups excluding carboxylic acids is 2. The van der Waals surface area contributed by atoms with Crippen LogP contribution in [-0.2, 0) is 9.59 Å². The van der Waals surface area contributed by atoms with Crippen LogP contribution in [-0.4, -0.2) is 24.0 Å². The van der Waals surface area contributed by atoms with Crippen LogP contribution in [0.3, 0.4) is 0 Å². The Kier molecular flexibility index (Phi) is 5.58. The van der Waals surface area contributed by atoms with Crippen molar-refractivity contribution in [2.45, 2.75) is 13.0 Å². The van der Waals surface area contributed by atoms with Crippen LogP contribution in [0.2, 0.25) is 0 Å². The highest BCUT2D eigenvalue weighted by Gasteiger charge is 2.19. The minimum atomic E-state index is -0.848. The number of phenols is 1. The number of anilines is 1. The van der Waals surface area contributed by atoms with Crippen molar-refractivity contribution in [2.75, 3.05) is 12.4 Å². The maximum absolute atomic E-state index is 12.0. The molecule has 2 aromatic rings. The maximum Gasteiger partial charge on any atom is 0.313 e. The number of aromatic hydroxyl groups is 1. The summed E-state index contributed by atoms with van der Waals surface area (Å²) in [5.74, 6) is -1.19. The predicted molar refractivity (Wildman–Crippen MR) is 91.0 cm³/mol. The van der Waals surface area contributed by atoms with E-state index in [1.807, 2.05) is 6.07 Å². The van der Waals surface area contributed by atoms with E-state index in [4.69, 9.17) is 10.00 Å². The van der Waals surface area contributed by atoms with Gasteiger partial charge in [-0.25, -0.2) is 0 Å². The third-order valence-corrected chi connectivity index (χ3v) is 3.53. The number of hydrogen-bond acceptors (Lipinski definition) is 5. The highest BCUT2D eigenvalue weighted by molar-refractivity contribution is 6.39. The summed E-state index contributed by atoms with van der Waals surface area (Å²) in [6, 6.07) is 12.1. The lowest BCUT2D eigenvalue weighted by molar-refractivity contribution is -0.136. The second kappa shape index (κ2) is 7.84. The number of ether oxygens (including phenoxy) is 1. The van der Waals surface area contributed by atoms with Crippen molar-refractivity contribution in [3.63, 3.8) is 0 Å². The highest BCUT2D eigenvalue weighted by Crippen LogP contribution is 2.28. The second-order valence-electron chi connectivity index (χ2n) is 5.26. The first-order valence-electron chi connectivity index (χ1n) is 7.43. The minimum Gasteiger partial charge on any atom is -0.508 e. The zero-order valence-electron chi connectivity index (χ0n) is 13.7. The van der Waals surface area contributed by atoms with Crippen LogP contribution in [0.15, 0.2) is 42.5 Å². The van der Waals surface area contributed by atoms with E-state index in [-0.39, 0.29) is 5.75 Å². The standard InChI is InChI=1S/C18H17N3O4/c1-11(15-9-14(25-2)7-8-16(15)22)20-17(23)18(24)21-13-5-3-12(10-19)4-6-13/h3-9,11,22H,1-2H3,(H,20,23)(H,21,24). The molecule has 2 rings (SSSR count). The molecule has 25 heavy (non-hydrogen) atoms. The first kappa shape index (κ1) is 17.8. The van der Waals surface area contributed by atoms with Gasteiger partial charge in [0.1, 0.15) is 11.5 Å². The quantitative estimate of drug-likeness (QED) is 0.739. The van der Waals surface area contributed by atoms with Crippen LogP contribution in [0.1, 0.15) is 24.1 Å². The zero-order chi connectivity index (χ0) is 18.4. The summed E-state index contributed by atoms with van der Waals surface area (Å²) < 4.78 is 5.08. The molecule has 0 aliphatic carbocycles. The molecule has 128 valence electrons. The Morgan fingerprint density at radius 3 is 2.44 bits per heavy atom. The van der Waals surface area contributed by atoms with Crippen LogP contribution in [0.25, 0.3) is 0 Å². The molecule has 0 aliphatic heterocycles. The summed E-state index contributed by atoms with van der Waals surface area (Å²) in [5.41, 5.74) is 1.28. The van der Waals surface area contributed by atoms with Crippen molar-refractivity contribution < 1.29 is 19.4 Å². The van der Waals surface area contributed by atoms with Gasteiger partial charge in [0.05, 0.1) is 24.8 Å². The number of rotatable bonds is 4. The number of carbonyl (C=O) groups is 2. The van der Waals surface area contributed by atoms with E-state index in [2.05, 4.69) is 10.6 Å². The lowest BCUT2D eigenvalue weighted by atomic mass is 10.1. The molecule has 0 bridgehead atoms. The van der Waals surface area contributed by atoms with Crippen molar-refractivity contribution in [2.24, 2.45) is 0 Å². The van der Waals surface area contributed by atoms with E-state index in [0.717, 1.165) is 0 Å². The molecule has 3 N–H and O–H groups in total. The van der Waals surface area contributed by atoms with Crippen LogP contribution in [0.5, 0.6) is 11.5 Å². The normalized spacial score (nSPS) is 11.1. The van der Waals surface area contributed by atoms with Gasteiger partial charge in [-0.05, 0) is 49.4 Å². The molecule has 0 aliphatic rings. The molecule has 7 nitrogen and oxygen atoms in total. The molecule has 0 saturated carbocycles. The highest BCUT2D eigenvalue weighted by atomic mass is 16.5. The van der Waals surface area contributed by atoms with Crippen molar-refractivity contribution >= 4 is 17.5 Å². The molecule has 7 heteroatoms. The van der Waals surface area contributed by atoms with Gasteiger partial charge in [0.2, 0.25) is 0 Å². The van der Waals surface area contributed by atoms with Gasteiger partial charge in [-0.1, -0.05) is 0 Å². The summed E-state index contributed by atoms with van der Waals surface area (Å²) in [4.78, 5) is 24.0. The summed E-state index contributed by atoms with van der Waals surface area (Å²) in [7, 11) is 1.49. The number of nitrogens with zero attached hydrogens (tertiary/aromatic N) is 1. The smallest absolute Gasteiger partial charge is 0.313 e.